The molecule has 2 bridgehead atoms. The van der Waals surface area contributed by atoms with Crippen LogP contribution in [0.5, 0.6) is 0 Å². The highest BCUT2D eigenvalue weighted by molar-refractivity contribution is 5.36. The standard InChI is InChI=1S/C17H27N3O/c1-5-9-20-10-8-18-13(14(20)21)19-15-16(2,3)12-6-7-17(15,4)11-12/h8,10,12,15H,5-7,9,11H2,1-4H3,(H,18,19). The molecule has 4 nitrogen and oxygen atoms in total. The van der Waals surface area contributed by atoms with Gasteiger partial charge in [-0.3, -0.25) is 4.79 Å². The first kappa shape index (κ1) is 14.6. The van der Waals surface area contributed by atoms with Crippen molar-refractivity contribution in [2.24, 2.45) is 16.7 Å². The van der Waals surface area contributed by atoms with E-state index < -0.39 is 0 Å². The van der Waals surface area contributed by atoms with E-state index in [4.69, 9.17) is 0 Å². The van der Waals surface area contributed by atoms with Gasteiger partial charge in [0.15, 0.2) is 5.82 Å². The second-order valence-corrected chi connectivity index (χ2v) is 7.77. The molecule has 0 aromatic carbocycles. The van der Waals surface area contributed by atoms with Crippen molar-refractivity contribution in [1.29, 1.82) is 0 Å². The van der Waals surface area contributed by atoms with Crippen LogP contribution in [0.3, 0.4) is 0 Å². The van der Waals surface area contributed by atoms with Gasteiger partial charge in [-0.1, -0.05) is 27.7 Å². The van der Waals surface area contributed by atoms with Gasteiger partial charge in [0, 0.05) is 25.0 Å². The zero-order valence-electron chi connectivity index (χ0n) is 13.6. The molecule has 3 rings (SSSR count). The zero-order valence-corrected chi connectivity index (χ0v) is 13.6. The molecule has 0 amide bonds. The summed E-state index contributed by atoms with van der Waals surface area (Å²) >= 11 is 0. The fourth-order valence-electron chi connectivity index (χ4n) is 4.76. The molecule has 2 aliphatic rings. The van der Waals surface area contributed by atoms with E-state index in [1.807, 2.05) is 0 Å². The quantitative estimate of drug-likeness (QED) is 0.925. The van der Waals surface area contributed by atoms with Crippen LogP contribution in [0.15, 0.2) is 17.2 Å². The number of nitrogens with one attached hydrogen (secondary N) is 1. The summed E-state index contributed by atoms with van der Waals surface area (Å²) in [5.41, 5.74) is 0.543. The summed E-state index contributed by atoms with van der Waals surface area (Å²) in [6.45, 7) is 9.89. The Balaban J connectivity index is 1.90. The van der Waals surface area contributed by atoms with Crippen LogP contribution in [0.25, 0.3) is 0 Å². The van der Waals surface area contributed by atoms with Gasteiger partial charge in [-0.25, -0.2) is 4.98 Å². The summed E-state index contributed by atoms with van der Waals surface area (Å²) in [6, 6.07) is 0.335. The minimum atomic E-state index is 0.0153. The SMILES string of the molecule is CCCn1ccnc(NC2C3(C)CCC(C3)C2(C)C)c1=O. The second kappa shape index (κ2) is 4.85. The highest BCUT2D eigenvalue weighted by Crippen LogP contribution is 2.62. The van der Waals surface area contributed by atoms with Crippen LogP contribution in [0.1, 0.15) is 53.4 Å². The second-order valence-electron chi connectivity index (χ2n) is 7.77. The molecule has 116 valence electrons. The maximum Gasteiger partial charge on any atom is 0.293 e. The number of aromatic nitrogens is 2. The van der Waals surface area contributed by atoms with E-state index in [2.05, 4.69) is 38.0 Å². The normalized spacial score (nSPS) is 33.3. The van der Waals surface area contributed by atoms with Crippen molar-refractivity contribution in [3.8, 4) is 0 Å². The van der Waals surface area contributed by atoms with Gasteiger partial charge in [0.25, 0.3) is 5.56 Å². The molecule has 2 fully saturated rings. The van der Waals surface area contributed by atoms with E-state index in [9.17, 15) is 4.79 Å². The zero-order chi connectivity index (χ0) is 15.3. The molecule has 1 N–H and O–H groups in total. The van der Waals surface area contributed by atoms with Crippen LogP contribution in [0, 0.1) is 16.7 Å². The minimum Gasteiger partial charge on any atom is -0.362 e. The lowest BCUT2D eigenvalue weighted by molar-refractivity contribution is 0.155. The summed E-state index contributed by atoms with van der Waals surface area (Å²) in [5.74, 6) is 1.29. The molecule has 1 aromatic heterocycles. The molecule has 3 unspecified atom stereocenters. The maximum atomic E-state index is 12.5. The lowest BCUT2D eigenvalue weighted by Gasteiger charge is -2.43. The van der Waals surface area contributed by atoms with Crippen LogP contribution >= 0.6 is 0 Å². The van der Waals surface area contributed by atoms with Crippen molar-refractivity contribution >= 4 is 5.82 Å². The average Bonchev–Trinajstić information content (AvgIpc) is 2.90. The molecule has 2 aliphatic carbocycles. The number of nitrogens with zero attached hydrogens (tertiary/aromatic N) is 2. The molecule has 21 heavy (non-hydrogen) atoms. The summed E-state index contributed by atoms with van der Waals surface area (Å²) in [7, 11) is 0. The predicted molar refractivity (Wildman–Crippen MR) is 85.4 cm³/mol. The molecule has 0 saturated heterocycles. The van der Waals surface area contributed by atoms with E-state index in [-0.39, 0.29) is 11.0 Å². The first-order valence-electron chi connectivity index (χ1n) is 8.20. The molecule has 4 heteroatoms. The summed E-state index contributed by atoms with van der Waals surface area (Å²) < 4.78 is 1.76. The van der Waals surface area contributed by atoms with E-state index >= 15 is 0 Å². The third kappa shape index (κ3) is 2.19. The van der Waals surface area contributed by atoms with Crippen LogP contribution in [-0.4, -0.2) is 15.6 Å². The minimum absolute atomic E-state index is 0.0153. The van der Waals surface area contributed by atoms with Gasteiger partial charge in [-0.2, -0.15) is 0 Å². The molecule has 3 atom stereocenters. The number of hydrogen-bond donors (Lipinski definition) is 1. The van der Waals surface area contributed by atoms with Crippen LogP contribution in [0.2, 0.25) is 0 Å². The van der Waals surface area contributed by atoms with Crippen LogP contribution in [0.4, 0.5) is 5.82 Å². The Morgan fingerprint density at radius 2 is 2.19 bits per heavy atom. The molecular formula is C17H27N3O. The van der Waals surface area contributed by atoms with Gasteiger partial charge >= 0.3 is 0 Å². The van der Waals surface area contributed by atoms with Gasteiger partial charge in [-0.15, -0.1) is 0 Å². The van der Waals surface area contributed by atoms with Crippen LogP contribution < -0.4 is 10.9 Å². The lowest BCUT2D eigenvalue weighted by atomic mass is 9.68. The summed E-state index contributed by atoms with van der Waals surface area (Å²) in [6.07, 6.45) is 8.33. The largest absolute Gasteiger partial charge is 0.362 e. The molecule has 1 aromatic rings. The first-order valence-corrected chi connectivity index (χ1v) is 8.20. The van der Waals surface area contributed by atoms with Gasteiger partial charge < -0.3 is 9.88 Å². The van der Waals surface area contributed by atoms with Crippen LogP contribution in [-0.2, 0) is 6.54 Å². The smallest absolute Gasteiger partial charge is 0.293 e. The van der Waals surface area contributed by atoms with E-state index in [0.717, 1.165) is 18.9 Å². The average molecular weight is 289 g/mol. The fourth-order valence-corrected chi connectivity index (χ4v) is 4.76. The molecule has 1 heterocycles. The van der Waals surface area contributed by atoms with Gasteiger partial charge in [0.1, 0.15) is 0 Å². The Morgan fingerprint density at radius 1 is 1.43 bits per heavy atom. The molecule has 0 radical (unpaired) electrons. The lowest BCUT2D eigenvalue weighted by Crippen LogP contribution is -2.47. The van der Waals surface area contributed by atoms with E-state index in [0.29, 0.717) is 17.3 Å². The predicted octanol–water partition coefficient (Wildman–Crippen LogP) is 3.28. The third-order valence-corrected chi connectivity index (χ3v) is 5.93. The number of rotatable bonds is 4. The number of hydrogen-bond acceptors (Lipinski definition) is 3. The van der Waals surface area contributed by atoms with Crippen molar-refractivity contribution in [3.05, 3.63) is 22.7 Å². The topological polar surface area (TPSA) is 46.9 Å². The van der Waals surface area contributed by atoms with Crippen molar-refractivity contribution in [2.45, 2.75) is 66.0 Å². The Bertz CT molecular complexity index is 587. The number of aryl methyl sites for hydroxylation is 1. The molecular weight excluding hydrogens is 262 g/mol. The first-order chi connectivity index (χ1) is 9.88. The Labute approximate surface area is 127 Å². The summed E-state index contributed by atoms with van der Waals surface area (Å²) in [5, 5.41) is 3.53. The Kier molecular flexibility index (Phi) is 3.38. The number of fused-ring (bicyclic) bond motifs is 2. The number of anilines is 1. The van der Waals surface area contributed by atoms with Gasteiger partial charge in [-0.05, 0) is 42.4 Å². The maximum absolute atomic E-state index is 12.5. The summed E-state index contributed by atoms with van der Waals surface area (Å²) in [4.78, 5) is 16.8. The molecule has 0 spiro atoms. The Morgan fingerprint density at radius 3 is 2.81 bits per heavy atom. The van der Waals surface area contributed by atoms with E-state index in [1.165, 1.54) is 19.3 Å². The Hall–Kier alpha value is -1.32. The highest BCUT2D eigenvalue weighted by atomic mass is 16.1. The molecule has 2 saturated carbocycles. The van der Waals surface area contributed by atoms with E-state index in [1.54, 1.807) is 17.0 Å². The van der Waals surface area contributed by atoms with Crippen molar-refractivity contribution in [2.75, 3.05) is 5.32 Å². The molecule has 0 aliphatic heterocycles. The van der Waals surface area contributed by atoms with Crippen molar-refractivity contribution in [1.82, 2.24) is 9.55 Å². The van der Waals surface area contributed by atoms with Gasteiger partial charge in [0.2, 0.25) is 0 Å². The monoisotopic (exact) mass is 289 g/mol. The van der Waals surface area contributed by atoms with Crippen molar-refractivity contribution in [3.63, 3.8) is 0 Å². The van der Waals surface area contributed by atoms with Gasteiger partial charge in [0.05, 0.1) is 0 Å². The van der Waals surface area contributed by atoms with Crippen molar-refractivity contribution < 1.29 is 0 Å². The fraction of sp³-hybridized carbons (Fsp3) is 0.765. The highest BCUT2D eigenvalue weighted by Gasteiger charge is 2.59. The third-order valence-electron chi connectivity index (χ3n) is 5.93.